The van der Waals surface area contributed by atoms with Gasteiger partial charge < -0.3 is 29.9 Å². The van der Waals surface area contributed by atoms with Crippen LogP contribution in [0.3, 0.4) is 0 Å². The molecule has 32 heavy (non-hydrogen) atoms. The zero-order valence-corrected chi connectivity index (χ0v) is 18.3. The molecule has 0 aliphatic carbocycles. The van der Waals surface area contributed by atoms with Gasteiger partial charge in [-0.3, -0.25) is 4.90 Å². The summed E-state index contributed by atoms with van der Waals surface area (Å²) < 4.78 is 10.5. The van der Waals surface area contributed by atoms with Crippen LogP contribution in [0.15, 0.2) is 35.7 Å². The summed E-state index contributed by atoms with van der Waals surface area (Å²) in [7, 11) is 0. The molecule has 2 aliphatic heterocycles. The number of carbonyl (C=O) groups excluding carboxylic acids is 1. The first kappa shape index (κ1) is 23.1. The van der Waals surface area contributed by atoms with Crippen LogP contribution in [-0.4, -0.2) is 74.5 Å². The normalized spacial score (nSPS) is 29.2. The summed E-state index contributed by atoms with van der Waals surface area (Å²) in [5, 5.41) is 41.7. The van der Waals surface area contributed by atoms with Gasteiger partial charge in [-0.05, 0) is 35.1 Å². The zero-order chi connectivity index (χ0) is 23.0. The van der Waals surface area contributed by atoms with Crippen LogP contribution in [0, 0.1) is 0 Å². The Labute approximate surface area is 192 Å². The summed E-state index contributed by atoms with van der Waals surface area (Å²) in [5.41, 5.74) is 1.57. The Balaban J connectivity index is 1.61. The number of hydrogen-bond acceptors (Lipinski definition) is 9. The number of carboxylic acid groups (broad SMARTS) is 1. The van der Waals surface area contributed by atoms with E-state index in [2.05, 4.69) is 0 Å². The first-order valence-electron chi connectivity index (χ1n) is 9.94. The van der Waals surface area contributed by atoms with Gasteiger partial charge in [-0.15, -0.1) is 11.3 Å². The van der Waals surface area contributed by atoms with Crippen molar-refractivity contribution in [2.24, 2.45) is 0 Å². The number of fused-ring (bicyclic) bond motifs is 1. The Kier molecular flexibility index (Phi) is 6.82. The number of aliphatic hydroxyl groups excluding tert-OH is 3. The first-order valence-corrected chi connectivity index (χ1v) is 11.2. The van der Waals surface area contributed by atoms with Crippen LogP contribution < -0.4 is 0 Å². The number of aliphatic hydroxyl groups is 3. The Hall–Kier alpha value is -2.05. The number of halogens is 1. The molecule has 2 aromatic rings. The van der Waals surface area contributed by atoms with Gasteiger partial charge >= 0.3 is 11.9 Å². The number of hydrogen-bond donors (Lipinski definition) is 4. The number of thiophene rings is 1. The molecule has 0 amide bonds. The van der Waals surface area contributed by atoms with Crippen LogP contribution in [0.1, 0.15) is 22.0 Å². The second-order valence-electron chi connectivity index (χ2n) is 7.69. The molecule has 0 spiro atoms. The molecule has 9 nitrogen and oxygen atoms in total. The van der Waals surface area contributed by atoms with Crippen molar-refractivity contribution in [1.29, 1.82) is 0 Å². The van der Waals surface area contributed by atoms with Gasteiger partial charge in [0.2, 0.25) is 6.29 Å². The molecule has 0 saturated carbocycles. The van der Waals surface area contributed by atoms with Gasteiger partial charge in [0.25, 0.3) is 0 Å². The van der Waals surface area contributed by atoms with E-state index in [-0.39, 0.29) is 0 Å². The summed E-state index contributed by atoms with van der Waals surface area (Å²) in [4.78, 5) is 27.8. The van der Waals surface area contributed by atoms with Crippen molar-refractivity contribution >= 4 is 34.9 Å². The van der Waals surface area contributed by atoms with Gasteiger partial charge in [-0.25, -0.2) is 9.59 Å². The Morgan fingerprint density at radius 2 is 1.91 bits per heavy atom. The average Bonchev–Trinajstić information content (AvgIpc) is 3.23. The first-order chi connectivity index (χ1) is 15.3. The van der Waals surface area contributed by atoms with Crippen molar-refractivity contribution in [1.82, 2.24) is 4.90 Å². The SMILES string of the molecule is O=C(O)[C@H]1OC(OC(=O)[C@H](c2ccccc2Cl)N2CCc3sccc3C2)[C@H](O)[C@@H](O)[C@@H]1O. The summed E-state index contributed by atoms with van der Waals surface area (Å²) in [6.07, 6.45) is -8.50. The maximum atomic E-state index is 13.3. The quantitative estimate of drug-likeness (QED) is 0.458. The molecular weight excluding hydrogens is 462 g/mol. The van der Waals surface area contributed by atoms with Crippen LogP contribution >= 0.6 is 22.9 Å². The number of ether oxygens (including phenoxy) is 2. The minimum absolute atomic E-state index is 0.342. The smallest absolute Gasteiger partial charge is 0.335 e. The van der Waals surface area contributed by atoms with Crippen molar-refractivity contribution in [3.05, 3.63) is 56.7 Å². The number of carboxylic acids is 1. The summed E-state index contributed by atoms with van der Waals surface area (Å²) in [5.74, 6) is -2.39. The molecule has 1 unspecified atom stereocenters. The van der Waals surface area contributed by atoms with E-state index in [9.17, 15) is 30.0 Å². The van der Waals surface area contributed by atoms with E-state index in [0.29, 0.717) is 23.7 Å². The summed E-state index contributed by atoms with van der Waals surface area (Å²) >= 11 is 8.03. The third-order valence-electron chi connectivity index (χ3n) is 5.67. The van der Waals surface area contributed by atoms with Crippen LogP contribution in [0.2, 0.25) is 5.02 Å². The largest absolute Gasteiger partial charge is 0.479 e. The summed E-state index contributed by atoms with van der Waals surface area (Å²) in [6, 6.07) is 7.82. The van der Waals surface area contributed by atoms with Crippen molar-refractivity contribution < 1.29 is 39.5 Å². The molecule has 3 heterocycles. The number of esters is 1. The van der Waals surface area contributed by atoms with E-state index in [1.807, 2.05) is 16.3 Å². The lowest BCUT2D eigenvalue weighted by Gasteiger charge is -2.39. The van der Waals surface area contributed by atoms with E-state index in [4.69, 9.17) is 21.1 Å². The van der Waals surface area contributed by atoms with Gasteiger partial charge in [0.1, 0.15) is 24.4 Å². The fourth-order valence-electron chi connectivity index (χ4n) is 3.99. The van der Waals surface area contributed by atoms with Crippen LogP contribution in [0.5, 0.6) is 0 Å². The molecule has 6 atom stereocenters. The highest BCUT2D eigenvalue weighted by molar-refractivity contribution is 7.10. The van der Waals surface area contributed by atoms with Crippen LogP contribution in [-0.2, 0) is 32.0 Å². The van der Waals surface area contributed by atoms with Gasteiger partial charge in [-0.1, -0.05) is 29.8 Å². The van der Waals surface area contributed by atoms with Crippen LogP contribution in [0.4, 0.5) is 0 Å². The molecular formula is C21H22ClNO8S. The molecule has 0 bridgehead atoms. The highest BCUT2D eigenvalue weighted by Crippen LogP contribution is 2.35. The lowest BCUT2D eigenvalue weighted by atomic mass is 9.98. The van der Waals surface area contributed by atoms with Gasteiger partial charge in [0.15, 0.2) is 6.10 Å². The summed E-state index contributed by atoms with van der Waals surface area (Å²) in [6.45, 7) is 1.02. The molecule has 1 aromatic heterocycles. The fourth-order valence-corrected chi connectivity index (χ4v) is 5.12. The number of rotatable bonds is 5. The van der Waals surface area contributed by atoms with Crippen molar-refractivity contribution in [3.8, 4) is 0 Å². The highest BCUT2D eigenvalue weighted by atomic mass is 35.5. The maximum absolute atomic E-state index is 13.3. The Morgan fingerprint density at radius 1 is 1.16 bits per heavy atom. The molecule has 172 valence electrons. The number of aliphatic carboxylic acids is 1. The molecule has 11 heteroatoms. The van der Waals surface area contributed by atoms with E-state index in [0.717, 1.165) is 12.0 Å². The van der Waals surface area contributed by atoms with E-state index < -0.39 is 48.7 Å². The minimum atomic E-state index is -1.88. The third-order valence-corrected chi connectivity index (χ3v) is 7.04. The number of carbonyl (C=O) groups is 2. The predicted octanol–water partition coefficient (Wildman–Crippen LogP) is 0.936. The molecule has 1 saturated heterocycles. The molecule has 0 radical (unpaired) electrons. The molecule has 2 aliphatic rings. The Bertz CT molecular complexity index is 1000. The molecule has 1 fully saturated rings. The third kappa shape index (κ3) is 4.40. The lowest BCUT2D eigenvalue weighted by molar-refractivity contribution is -0.287. The minimum Gasteiger partial charge on any atom is -0.479 e. The van der Waals surface area contributed by atoms with E-state index >= 15 is 0 Å². The molecule has 4 rings (SSSR count). The van der Waals surface area contributed by atoms with Crippen molar-refractivity contribution in [3.63, 3.8) is 0 Å². The van der Waals surface area contributed by atoms with Crippen LogP contribution in [0.25, 0.3) is 0 Å². The molecule has 4 N–H and O–H groups in total. The predicted molar refractivity (Wildman–Crippen MR) is 113 cm³/mol. The number of benzene rings is 1. The molecule has 1 aromatic carbocycles. The van der Waals surface area contributed by atoms with Crippen molar-refractivity contribution in [2.45, 2.75) is 49.7 Å². The Morgan fingerprint density at radius 3 is 2.62 bits per heavy atom. The van der Waals surface area contributed by atoms with Crippen molar-refractivity contribution in [2.75, 3.05) is 6.54 Å². The van der Waals surface area contributed by atoms with Gasteiger partial charge in [0, 0.05) is 23.0 Å². The second kappa shape index (κ2) is 9.44. The van der Waals surface area contributed by atoms with Gasteiger partial charge in [-0.2, -0.15) is 0 Å². The van der Waals surface area contributed by atoms with E-state index in [1.165, 1.54) is 4.88 Å². The standard InChI is InChI=1S/C21H22ClNO8S/c22-12-4-2-1-3-11(12)14(23-7-5-13-10(9-23)6-8-32-13)20(29)31-21-17(26)15(24)16(25)18(30-21)19(27)28/h1-4,6,8,14-18,21,24-26H,5,7,9H2,(H,27,28)/t14-,15-,16-,17+,18-,21?/m0/s1. The monoisotopic (exact) mass is 483 g/mol. The fraction of sp³-hybridized carbons (Fsp3) is 0.429. The second-order valence-corrected chi connectivity index (χ2v) is 9.09. The number of nitrogens with zero attached hydrogens (tertiary/aromatic N) is 1. The maximum Gasteiger partial charge on any atom is 0.335 e. The zero-order valence-electron chi connectivity index (χ0n) is 16.7. The van der Waals surface area contributed by atoms with Gasteiger partial charge in [0.05, 0.1) is 0 Å². The average molecular weight is 484 g/mol. The highest BCUT2D eigenvalue weighted by Gasteiger charge is 2.49. The lowest BCUT2D eigenvalue weighted by Crippen LogP contribution is -2.61. The van der Waals surface area contributed by atoms with E-state index in [1.54, 1.807) is 35.6 Å². The topological polar surface area (TPSA) is 137 Å².